The smallest absolute Gasteiger partial charge is 0.496 e. The van der Waals surface area contributed by atoms with Crippen LogP contribution in [-0.2, 0) is 54.1 Å². The van der Waals surface area contributed by atoms with Crippen LogP contribution >= 0.6 is 0 Å². The third-order valence-corrected chi connectivity index (χ3v) is 19.0. The number of carbonyl (C=O) groups excluding carboxylic acids is 2. The molecule has 0 amide bonds. The Morgan fingerprint density at radius 1 is 0.424 bits per heavy atom. The molecule has 1 fully saturated rings. The van der Waals surface area contributed by atoms with E-state index >= 15 is 0 Å². The maximum absolute atomic E-state index is 14.1. The van der Waals surface area contributed by atoms with Gasteiger partial charge in [-0.25, -0.2) is 4.79 Å². The molecule has 1 aliphatic carbocycles. The van der Waals surface area contributed by atoms with E-state index in [1.54, 1.807) is 7.11 Å². The van der Waals surface area contributed by atoms with Crippen molar-refractivity contribution in [3.05, 3.63) is 297 Å². The second-order valence-corrected chi connectivity index (χ2v) is 25.0. The summed E-state index contributed by atoms with van der Waals surface area (Å²) in [6, 6.07) is 81.8. The van der Waals surface area contributed by atoms with Gasteiger partial charge in [0.2, 0.25) is 0 Å². The summed E-state index contributed by atoms with van der Waals surface area (Å²) in [7, 11) is 1.78. The average molecular weight is 1220 g/mol. The number of benzene rings is 10. The van der Waals surface area contributed by atoms with E-state index in [4.69, 9.17) is 18.9 Å². The first kappa shape index (κ1) is 63.9. The van der Waals surface area contributed by atoms with Crippen LogP contribution in [0, 0.1) is 13.8 Å². The minimum Gasteiger partial charge on any atom is -0.496 e. The summed E-state index contributed by atoms with van der Waals surface area (Å²) in [4.78, 5) is 30.4. The molecular formula is C84H86N2O6. The van der Waals surface area contributed by atoms with Crippen molar-refractivity contribution >= 4 is 46.2 Å². The van der Waals surface area contributed by atoms with Crippen molar-refractivity contribution < 1.29 is 28.5 Å². The predicted octanol–water partition coefficient (Wildman–Crippen LogP) is 21.4. The van der Waals surface area contributed by atoms with Crippen LogP contribution in [0.4, 0.5) is 38.9 Å². The van der Waals surface area contributed by atoms with Crippen LogP contribution in [0.2, 0.25) is 0 Å². The second-order valence-electron chi connectivity index (χ2n) is 25.0. The van der Waals surface area contributed by atoms with Gasteiger partial charge in [-0.3, -0.25) is 4.79 Å². The molecule has 1 unspecified atom stereocenters. The molecule has 0 radical (unpaired) electrons. The molecule has 0 spiro atoms. The molecule has 92 heavy (non-hydrogen) atoms. The van der Waals surface area contributed by atoms with Gasteiger partial charge < -0.3 is 28.7 Å². The lowest BCUT2D eigenvalue weighted by Crippen LogP contribution is -2.31. The summed E-state index contributed by atoms with van der Waals surface area (Å²) in [6.45, 7) is 14.4. The molecule has 1 saturated carbocycles. The van der Waals surface area contributed by atoms with Crippen molar-refractivity contribution in [1.29, 1.82) is 0 Å². The lowest BCUT2D eigenvalue weighted by Gasteiger charge is -2.39. The number of carbonyl (C=O) groups is 2. The highest BCUT2D eigenvalue weighted by atomic mass is 16.7. The third-order valence-electron chi connectivity index (χ3n) is 19.0. The first-order valence-corrected chi connectivity index (χ1v) is 32.9. The number of aryl methyl sites for hydroxylation is 8. The first-order valence-electron chi connectivity index (χ1n) is 32.9. The number of hydrogen-bond acceptors (Lipinski definition) is 8. The van der Waals surface area contributed by atoms with Crippen molar-refractivity contribution in [2.75, 3.05) is 16.9 Å². The van der Waals surface area contributed by atoms with Gasteiger partial charge in [-0.2, -0.15) is 0 Å². The molecule has 8 heteroatoms. The Morgan fingerprint density at radius 2 is 0.793 bits per heavy atom. The van der Waals surface area contributed by atoms with Gasteiger partial charge in [0, 0.05) is 51.9 Å². The molecule has 0 saturated heterocycles. The van der Waals surface area contributed by atoms with Gasteiger partial charge in [0.1, 0.15) is 23.0 Å². The summed E-state index contributed by atoms with van der Waals surface area (Å²) < 4.78 is 23.7. The van der Waals surface area contributed by atoms with Crippen molar-refractivity contribution in [3.8, 4) is 23.0 Å². The summed E-state index contributed by atoms with van der Waals surface area (Å²) in [5.41, 5.74) is 20.3. The maximum Gasteiger partial charge on any atom is 0.519 e. The van der Waals surface area contributed by atoms with Gasteiger partial charge >= 0.3 is 12.1 Å². The van der Waals surface area contributed by atoms with E-state index in [9.17, 15) is 9.59 Å². The van der Waals surface area contributed by atoms with Crippen LogP contribution in [0.15, 0.2) is 231 Å². The molecule has 0 bridgehead atoms. The number of hydrogen-bond donors (Lipinski definition) is 0. The SMILES string of the molecule is CCc1ccc(N(c2ccc(C)cc2)c2ccc(CCc3cc(C4(c5ccc(OC(=O)Oc6ccc(C(C)(CC)c7ccc(OC(C)=O)cc7)cc6)c(CCc6ccc(N(c7ccc(C)cc7)c7ccc(CC)cc7)cc6)c5)CCCCC4)ccc3OC)cc2)cc1. The number of rotatable bonds is 23. The maximum atomic E-state index is 14.1. The number of methoxy groups -OCH3 is 1. The Kier molecular flexibility index (Phi) is 20.2. The van der Waals surface area contributed by atoms with E-state index in [2.05, 4.69) is 227 Å². The van der Waals surface area contributed by atoms with Crippen LogP contribution in [-0.4, -0.2) is 19.2 Å². The summed E-state index contributed by atoms with van der Waals surface area (Å²) in [5.74, 6) is 1.90. The van der Waals surface area contributed by atoms with E-state index in [1.807, 2.05) is 54.6 Å². The fourth-order valence-electron chi connectivity index (χ4n) is 13.3. The van der Waals surface area contributed by atoms with Crippen molar-refractivity contribution in [2.45, 2.75) is 136 Å². The lowest BCUT2D eigenvalue weighted by molar-refractivity contribution is -0.131. The molecule has 10 aromatic rings. The van der Waals surface area contributed by atoms with Gasteiger partial charge in [-0.1, -0.05) is 179 Å². The largest absolute Gasteiger partial charge is 0.519 e. The number of ether oxygens (including phenoxy) is 4. The van der Waals surface area contributed by atoms with Gasteiger partial charge in [0.05, 0.1) is 7.11 Å². The predicted molar refractivity (Wildman–Crippen MR) is 376 cm³/mol. The van der Waals surface area contributed by atoms with Crippen molar-refractivity contribution in [1.82, 2.24) is 0 Å². The van der Waals surface area contributed by atoms with Gasteiger partial charge in [0.15, 0.2) is 0 Å². The fourth-order valence-corrected chi connectivity index (χ4v) is 13.3. The van der Waals surface area contributed by atoms with Gasteiger partial charge in [0.25, 0.3) is 0 Å². The monoisotopic (exact) mass is 1220 g/mol. The highest BCUT2D eigenvalue weighted by molar-refractivity contribution is 5.78. The molecule has 0 heterocycles. The van der Waals surface area contributed by atoms with Crippen molar-refractivity contribution in [2.24, 2.45) is 0 Å². The molecule has 0 aromatic heterocycles. The van der Waals surface area contributed by atoms with E-state index in [0.717, 1.165) is 114 Å². The van der Waals surface area contributed by atoms with Crippen LogP contribution < -0.4 is 28.7 Å². The van der Waals surface area contributed by atoms with Gasteiger partial charge in [-0.05, 0) is 236 Å². The first-order chi connectivity index (χ1) is 44.7. The standard InChI is InChI=1S/C84H86N2O6/c1-9-62-21-41-74(42-22-62)85(72-37-15-59(4)16-38-72)76-45-25-64(26-46-76)19-29-66-57-70(35-53-80(66)89-8)84(55-13-12-14-56-84)71-36-54-81(92-82(88)91-79-51-33-69(34-52-79)83(7,11-3)68-31-49-78(50-32-68)90-61(6)87)67(58-71)30-20-65-27-47-77(48-28-65)86(73-39-17-60(5)18-40-73)75-43-23-63(10-2)24-44-75/h15-18,21-28,31-54,57-58H,9-14,19-20,29-30,55-56H2,1-8H3. The second kappa shape index (κ2) is 29.1. The molecule has 1 atom stereocenters. The van der Waals surface area contributed by atoms with Crippen molar-refractivity contribution in [3.63, 3.8) is 0 Å². The Labute approximate surface area is 545 Å². The minimum atomic E-state index is -0.800. The average Bonchev–Trinajstić information content (AvgIpc) is 0.794. The molecule has 0 aliphatic heterocycles. The quantitative estimate of drug-likeness (QED) is 0.0356. The zero-order valence-electron chi connectivity index (χ0n) is 54.8. The molecule has 0 N–H and O–H groups in total. The minimum absolute atomic E-state index is 0.279. The molecule has 468 valence electrons. The fraction of sp³-hybridized carbons (Fsp3) is 0.262. The zero-order chi connectivity index (χ0) is 64.2. The Balaban J connectivity index is 0.875. The van der Waals surface area contributed by atoms with Crippen LogP contribution in [0.1, 0.15) is 140 Å². The highest BCUT2D eigenvalue weighted by Gasteiger charge is 2.37. The molecule has 11 rings (SSSR count). The van der Waals surface area contributed by atoms with E-state index in [0.29, 0.717) is 30.1 Å². The topological polar surface area (TPSA) is 77.5 Å². The number of nitrogens with zero attached hydrogens (tertiary/aromatic N) is 2. The Bertz CT molecular complexity index is 4080. The Morgan fingerprint density at radius 3 is 1.17 bits per heavy atom. The molecule has 10 aromatic carbocycles. The lowest BCUT2D eigenvalue weighted by atomic mass is 9.64. The summed E-state index contributed by atoms with van der Waals surface area (Å²) in [5, 5.41) is 0. The molecule has 1 aliphatic rings. The van der Waals surface area contributed by atoms with E-state index in [-0.39, 0.29) is 16.8 Å². The molecular weight excluding hydrogens is 1130 g/mol. The van der Waals surface area contributed by atoms with Crippen LogP contribution in [0.25, 0.3) is 0 Å². The highest BCUT2D eigenvalue weighted by Crippen LogP contribution is 2.48. The van der Waals surface area contributed by atoms with E-state index in [1.165, 1.54) is 63.4 Å². The third kappa shape index (κ3) is 14.7. The summed E-state index contributed by atoms with van der Waals surface area (Å²) >= 11 is 0. The Hall–Kier alpha value is -9.66. The van der Waals surface area contributed by atoms with E-state index < -0.39 is 6.16 Å². The summed E-state index contributed by atoms with van der Waals surface area (Å²) in [6.07, 6.45) is 10.4. The van der Waals surface area contributed by atoms with Crippen LogP contribution in [0.3, 0.4) is 0 Å². The molecule has 8 nitrogen and oxygen atoms in total. The van der Waals surface area contributed by atoms with Gasteiger partial charge in [-0.15, -0.1) is 0 Å². The number of anilines is 6. The number of esters is 1. The van der Waals surface area contributed by atoms with Crippen LogP contribution in [0.5, 0.6) is 23.0 Å². The normalized spacial score (nSPS) is 13.3. The zero-order valence-corrected chi connectivity index (χ0v) is 54.8.